The molecule has 0 bridgehead atoms. The number of likely N-dealkylation sites (N-methyl/N-ethyl adjacent to an activating group) is 1. The minimum Gasteiger partial charge on any atom is -0.313 e. The zero-order valence-corrected chi connectivity index (χ0v) is 14.0. The van der Waals surface area contributed by atoms with Gasteiger partial charge in [-0.15, -0.1) is 0 Å². The topological polar surface area (TPSA) is 78.5 Å². The van der Waals surface area contributed by atoms with Gasteiger partial charge in [-0.2, -0.15) is 0 Å². The highest BCUT2D eigenvalue weighted by atomic mass is 32.2. The van der Waals surface area contributed by atoms with Crippen molar-refractivity contribution in [3.63, 3.8) is 0 Å². The van der Waals surface area contributed by atoms with Gasteiger partial charge < -0.3 is 10.2 Å². The summed E-state index contributed by atoms with van der Waals surface area (Å²) in [7, 11) is -3.57. The van der Waals surface area contributed by atoms with Gasteiger partial charge in [-0.05, 0) is 37.6 Å². The van der Waals surface area contributed by atoms with Gasteiger partial charge in [-0.1, -0.05) is 13.0 Å². The number of amides is 1. The average Bonchev–Trinajstić information content (AvgIpc) is 2.88. The predicted octanol–water partition coefficient (Wildman–Crippen LogP) is 0.872. The highest BCUT2D eigenvalue weighted by molar-refractivity contribution is 7.89. The van der Waals surface area contributed by atoms with E-state index in [9.17, 15) is 13.2 Å². The standard InChI is InChI=1S/C15H23N3O3S/c1-4-16-11(2)10-17-22(20,21)14-6-5-13-7-8-18(12(3)19)15(13)9-14/h5-6,9,11,16-17H,4,7-8,10H2,1-3H3/t11-/m1/s1. The van der Waals surface area contributed by atoms with Gasteiger partial charge in [0, 0.05) is 31.7 Å². The number of hydrogen-bond donors (Lipinski definition) is 2. The van der Waals surface area contributed by atoms with E-state index in [-0.39, 0.29) is 16.8 Å². The molecule has 6 nitrogen and oxygen atoms in total. The normalized spacial score (nSPS) is 15.7. The van der Waals surface area contributed by atoms with Gasteiger partial charge in [0.2, 0.25) is 15.9 Å². The van der Waals surface area contributed by atoms with Crippen LogP contribution in [0.1, 0.15) is 26.3 Å². The first-order chi connectivity index (χ1) is 10.3. The summed E-state index contributed by atoms with van der Waals surface area (Å²) in [6.45, 7) is 7.11. The molecular formula is C15H23N3O3S. The first-order valence-electron chi connectivity index (χ1n) is 7.49. The van der Waals surface area contributed by atoms with E-state index in [1.54, 1.807) is 23.1 Å². The van der Waals surface area contributed by atoms with Crippen LogP contribution in [0.15, 0.2) is 23.1 Å². The Labute approximate surface area is 131 Å². The van der Waals surface area contributed by atoms with E-state index in [4.69, 9.17) is 0 Å². The van der Waals surface area contributed by atoms with E-state index >= 15 is 0 Å². The Balaban J connectivity index is 2.19. The van der Waals surface area contributed by atoms with Gasteiger partial charge in [0.1, 0.15) is 0 Å². The monoisotopic (exact) mass is 325 g/mol. The number of nitrogens with one attached hydrogen (secondary N) is 2. The maximum atomic E-state index is 12.4. The van der Waals surface area contributed by atoms with E-state index in [1.807, 2.05) is 13.8 Å². The highest BCUT2D eigenvalue weighted by Crippen LogP contribution is 2.30. The summed E-state index contributed by atoms with van der Waals surface area (Å²) in [5.74, 6) is -0.0676. The quantitative estimate of drug-likeness (QED) is 0.813. The molecular weight excluding hydrogens is 302 g/mol. The van der Waals surface area contributed by atoms with Crippen LogP contribution in [0.25, 0.3) is 0 Å². The molecule has 0 aliphatic carbocycles. The molecule has 1 atom stereocenters. The second kappa shape index (κ2) is 6.76. The third-order valence-electron chi connectivity index (χ3n) is 3.77. The van der Waals surface area contributed by atoms with E-state index in [0.717, 1.165) is 18.5 Å². The molecule has 1 aromatic carbocycles. The van der Waals surface area contributed by atoms with E-state index < -0.39 is 10.0 Å². The number of fused-ring (bicyclic) bond motifs is 1. The van der Waals surface area contributed by atoms with Gasteiger partial charge in [0.15, 0.2) is 0 Å². The molecule has 1 aromatic rings. The third-order valence-corrected chi connectivity index (χ3v) is 5.20. The van der Waals surface area contributed by atoms with Crippen molar-refractivity contribution in [3.05, 3.63) is 23.8 Å². The van der Waals surface area contributed by atoms with Crippen LogP contribution in [0.2, 0.25) is 0 Å². The molecule has 0 fully saturated rings. The molecule has 1 aliphatic heterocycles. The molecule has 1 amide bonds. The largest absolute Gasteiger partial charge is 0.313 e. The number of anilines is 1. The first-order valence-corrected chi connectivity index (χ1v) is 8.97. The second-order valence-electron chi connectivity index (χ2n) is 5.52. The summed E-state index contributed by atoms with van der Waals surface area (Å²) in [5, 5.41) is 3.15. The molecule has 122 valence electrons. The van der Waals surface area contributed by atoms with Crippen molar-refractivity contribution in [1.29, 1.82) is 0 Å². The number of rotatable bonds is 6. The average molecular weight is 325 g/mol. The molecule has 2 rings (SSSR count). The lowest BCUT2D eigenvalue weighted by Gasteiger charge is -2.17. The maximum Gasteiger partial charge on any atom is 0.240 e. The minimum absolute atomic E-state index is 0.0583. The van der Waals surface area contributed by atoms with E-state index in [1.165, 1.54) is 6.92 Å². The molecule has 22 heavy (non-hydrogen) atoms. The summed E-state index contributed by atoms with van der Waals surface area (Å²) < 4.78 is 27.4. The van der Waals surface area contributed by atoms with Crippen LogP contribution in [-0.4, -0.2) is 40.0 Å². The van der Waals surface area contributed by atoms with Crippen molar-refractivity contribution in [2.45, 2.75) is 38.1 Å². The van der Waals surface area contributed by atoms with Gasteiger partial charge in [-0.25, -0.2) is 13.1 Å². The summed E-state index contributed by atoms with van der Waals surface area (Å²) in [4.78, 5) is 13.4. The van der Waals surface area contributed by atoms with Crippen LogP contribution in [0.5, 0.6) is 0 Å². The number of sulfonamides is 1. The summed E-state index contributed by atoms with van der Waals surface area (Å²) >= 11 is 0. The fourth-order valence-electron chi connectivity index (χ4n) is 2.59. The Bertz CT molecular complexity index is 658. The second-order valence-corrected chi connectivity index (χ2v) is 7.29. The van der Waals surface area contributed by atoms with Crippen LogP contribution in [0, 0.1) is 0 Å². The molecule has 1 aliphatic rings. The number of carbonyl (C=O) groups excluding carboxylic acids is 1. The predicted molar refractivity (Wildman–Crippen MR) is 86.5 cm³/mol. The van der Waals surface area contributed by atoms with Gasteiger partial charge in [-0.3, -0.25) is 4.79 Å². The van der Waals surface area contributed by atoms with Crippen molar-refractivity contribution in [2.75, 3.05) is 24.5 Å². The van der Waals surface area contributed by atoms with Crippen LogP contribution in [-0.2, 0) is 21.2 Å². The van der Waals surface area contributed by atoms with Crippen molar-refractivity contribution in [3.8, 4) is 0 Å². The summed E-state index contributed by atoms with van der Waals surface area (Å²) in [6, 6.07) is 5.04. The zero-order chi connectivity index (χ0) is 16.3. The van der Waals surface area contributed by atoms with Gasteiger partial charge in [0.05, 0.1) is 4.90 Å². The lowest BCUT2D eigenvalue weighted by atomic mass is 10.2. The smallest absolute Gasteiger partial charge is 0.240 e. The fourth-order valence-corrected chi connectivity index (χ4v) is 3.74. The molecule has 0 saturated carbocycles. The molecule has 0 saturated heterocycles. The summed E-state index contributed by atoms with van der Waals surface area (Å²) in [5.41, 5.74) is 1.71. The summed E-state index contributed by atoms with van der Waals surface area (Å²) in [6.07, 6.45) is 0.764. The van der Waals surface area contributed by atoms with Crippen LogP contribution < -0.4 is 14.9 Å². The van der Waals surface area contributed by atoms with Crippen LogP contribution in [0.4, 0.5) is 5.69 Å². The Kier molecular flexibility index (Phi) is 5.20. The maximum absolute atomic E-state index is 12.4. The van der Waals surface area contributed by atoms with Crippen LogP contribution >= 0.6 is 0 Å². The van der Waals surface area contributed by atoms with Crippen molar-refractivity contribution in [1.82, 2.24) is 10.0 Å². The number of nitrogens with zero attached hydrogens (tertiary/aromatic N) is 1. The van der Waals surface area contributed by atoms with Crippen molar-refractivity contribution < 1.29 is 13.2 Å². The molecule has 2 N–H and O–H groups in total. The molecule has 0 unspecified atom stereocenters. The van der Waals surface area contributed by atoms with Crippen molar-refractivity contribution >= 4 is 21.6 Å². The number of hydrogen-bond acceptors (Lipinski definition) is 4. The first kappa shape index (κ1) is 16.9. The lowest BCUT2D eigenvalue weighted by molar-refractivity contribution is -0.116. The highest BCUT2D eigenvalue weighted by Gasteiger charge is 2.25. The molecule has 1 heterocycles. The fraction of sp³-hybridized carbons (Fsp3) is 0.533. The Morgan fingerprint density at radius 1 is 1.41 bits per heavy atom. The van der Waals surface area contributed by atoms with Crippen LogP contribution in [0.3, 0.4) is 0 Å². The Morgan fingerprint density at radius 2 is 2.14 bits per heavy atom. The molecule has 0 spiro atoms. The van der Waals surface area contributed by atoms with Gasteiger partial charge >= 0.3 is 0 Å². The number of carbonyl (C=O) groups is 1. The Morgan fingerprint density at radius 3 is 2.77 bits per heavy atom. The van der Waals surface area contributed by atoms with Gasteiger partial charge in [0.25, 0.3) is 0 Å². The van der Waals surface area contributed by atoms with Crippen molar-refractivity contribution in [2.24, 2.45) is 0 Å². The van der Waals surface area contributed by atoms with E-state index in [2.05, 4.69) is 10.0 Å². The van der Waals surface area contributed by atoms with E-state index in [0.29, 0.717) is 18.8 Å². The zero-order valence-electron chi connectivity index (χ0n) is 13.2. The third kappa shape index (κ3) is 3.66. The lowest BCUT2D eigenvalue weighted by Crippen LogP contribution is -2.38. The Hall–Kier alpha value is -1.44. The molecule has 0 radical (unpaired) electrons. The number of benzene rings is 1. The minimum atomic E-state index is -3.57. The molecule has 7 heteroatoms. The SMILES string of the molecule is CCN[C@H](C)CNS(=O)(=O)c1ccc2c(c1)N(C(C)=O)CC2. The molecule has 0 aromatic heterocycles.